The van der Waals surface area contributed by atoms with Gasteiger partial charge in [0.05, 0.1) is 0 Å². The third-order valence-corrected chi connectivity index (χ3v) is 6.00. The molecule has 0 aromatic rings. The second-order valence-corrected chi connectivity index (χ2v) is 8.28. The molecule has 33 radical (unpaired) electrons. The van der Waals surface area contributed by atoms with Gasteiger partial charge in [0.15, 0.2) is 0 Å². The number of hydrogen-bond acceptors (Lipinski definition) is 0. The molecule has 0 saturated heterocycles. The van der Waals surface area contributed by atoms with Crippen LogP contribution in [0.25, 0.3) is 0 Å². The van der Waals surface area contributed by atoms with Crippen molar-refractivity contribution in [2.24, 2.45) is 0 Å². The van der Waals surface area contributed by atoms with Gasteiger partial charge in [0, 0.05) is 214 Å². The topological polar surface area (TPSA) is 0 Å². The minimum absolute atomic E-state index is 0.816. The zero-order chi connectivity index (χ0) is 24.8. The van der Waals surface area contributed by atoms with E-state index in [-0.39, 0.29) is 0 Å². The summed E-state index contributed by atoms with van der Waals surface area (Å²) in [6, 6.07) is 0. The Morgan fingerprint density at radius 3 is 0.871 bits per heavy atom. The van der Waals surface area contributed by atoms with Crippen LogP contribution in [0.2, 0.25) is 5.62 Å². The van der Waals surface area contributed by atoms with Crippen LogP contribution < -0.4 is 0 Å². The molecular weight excluding hydrogens is 336 g/mol. The van der Waals surface area contributed by atoms with Crippen molar-refractivity contribution in [2.45, 2.75) is 5.62 Å². The summed E-state index contributed by atoms with van der Waals surface area (Å²) in [4.78, 5) is 0. The van der Waals surface area contributed by atoms with Crippen molar-refractivity contribution < 1.29 is 0 Å². The maximum absolute atomic E-state index is 6.25. The van der Waals surface area contributed by atoms with E-state index in [1.54, 1.807) is 0 Å². The quantitative estimate of drug-likeness (QED) is 0.276. The first-order chi connectivity index (χ1) is 14.1. The maximum atomic E-state index is 6.25. The molecular formula is CHB30. The van der Waals surface area contributed by atoms with Gasteiger partial charge in [-0.2, -0.15) is 0 Å². The summed E-state index contributed by atoms with van der Waals surface area (Å²) in [7, 11) is 98.1. The predicted octanol–water partition coefficient (Wildman–Crippen LogP) is -11.1. The highest BCUT2D eigenvalue weighted by Gasteiger charge is 2.51. The summed E-state index contributed by atoms with van der Waals surface area (Å²) in [6.07, 6.45) is -10.0. The summed E-state index contributed by atoms with van der Waals surface area (Å²) in [5, 5.41) is 0. The lowest BCUT2D eigenvalue weighted by Gasteiger charge is -2.52. The zero-order valence-electron chi connectivity index (χ0n) is 17.9. The SMILES string of the molecule is [B][B]B([B])B(B([B])[B])C(B(B([B])[B])B([B])[B])B(B(B([B])[B])B([B])[B])B(B([B])[B])B([B])[B]. The molecule has 0 aliphatic carbocycles. The Balaban J connectivity index is 7.23. The van der Waals surface area contributed by atoms with Crippen LogP contribution >= 0.6 is 0 Å². The lowest BCUT2D eigenvalue weighted by molar-refractivity contribution is 1.80. The Hall–Kier alpha value is 1.95. The van der Waals surface area contributed by atoms with Gasteiger partial charge in [-0.1, -0.05) is 0 Å². The molecule has 0 aliphatic rings. The van der Waals surface area contributed by atoms with Gasteiger partial charge in [-0.15, -0.1) is 5.62 Å². The van der Waals surface area contributed by atoms with Crippen molar-refractivity contribution in [2.75, 3.05) is 0 Å². The molecule has 0 heterocycles. The summed E-state index contributed by atoms with van der Waals surface area (Å²) in [5.41, 5.74) is -0.835. The van der Waals surface area contributed by atoms with Crippen LogP contribution in [0.5, 0.6) is 0 Å². The van der Waals surface area contributed by atoms with Crippen molar-refractivity contribution in [3.63, 3.8) is 0 Å². The second kappa shape index (κ2) is 15.1. The van der Waals surface area contributed by atoms with Crippen LogP contribution in [0.4, 0.5) is 0 Å². The first-order valence-corrected chi connectivity index (χ1v) is 10.0. The molecule has 31 heavy (non-hydrogen) atoms. The summed E-state index contributed by atoms with van der Waals surface area (Å²) < 4.78 is 0. The molecule has 0 aromatic heterocycles. The van der Waals surface area contributed by atoms with E-state index in [9.17, 15) is 0 Å². The molecule has 0 rings (SSSR count). The molecule has 0 spiro atoms. The van der Waals surface area contributed by atoms with Crippen molar-refractivity contribution in [1.29, 1.82) is 0 Å². The first kappa shape index (κ1) is 32.9. The first-order valence-electron chi connectivity index (χ1n) is 10.0. The molecule has 0 N–H and O–H groups in total. The fourth-order valence-corrected chi connectivity index (χ4v) is 4.75. The van der Waals surface area contributed by atoms with Crippen LogP contribution in [-0.4, -0.2) is 214 Å². The average molecular weight is 337 g/mol. The van der Waals surface area contributed by atoms with E-state index in [1.807, 2.05) is 0 Å². The van der Waals surface area contributed by atoms with E-state index in [0.717, 1.165) is 0 Å². The number of rotatable bonds is 14. The highest BCUT2D eigenvalue weighted by atomic mass is 13.7. The molecule has 30 heteroatoms. The van der Waals surface area contributed by atoms with Gasteiger partial charge >= 0.3 is 0 Å². The fraction of sp³-hybridized carbons (Fsp3) is 1.00. The molecule has 0 amide bonds. The highest BCUT2D eigenvalue weighted by molar-refractivity contribution is 8.11. The largest absolute Gasteiger partial charge is 0.146 e. The predicted molar refractivity (Wildman–Crippen MR) is 176 cm³/mol. The van der Waals surface area contributed by atoms with E-state index in [4.69, 9.17) is 124 Å². The van der Waals surface area contributed by atoms with Crippen LogP contribution in [0.15, 0.2) is 0 Å². The van der Waals surface area contributed by atoms with Crippen LogP contribution in [0.1, 0.15) is 0 Å². The standard InChI is InChI=1S/CHB30/c2-18-29(17)20(24(7)8)1(19(22(3)4)23(5)6)21(30(25(9)10)26(11)12)31(27(13)14)28(15)16/h1H. The van der Waals surface area contributed by atoms with Gasteiger partial charge in [0.2, 0.25) is 0 Å². The smallest absolute Gasteiger partial charge is 0.0294 e. The van der Waals surface area contributed by atoms with Crippen molar-refractivity contribution >= 4 is 214 Å². The van der Waals surface area contributed by atoms with Crippen LogP contribution in [-0.2, 0) is 0 Å². The van der Waals surface area contributed by atoms with Crippen LogP contribution in [0.3, 0.4) is 0 Å². The molecule has 95 valence electrons. The van der Waals surface area contributed by atoms with Crippen molar-refractivity contribution in [3.8, 4) is 0 Å². The Kier molecular flexibility index (Phi) is 16.1. The zero-order valence-corrected chi connectivity index (χ0v) is 17.9. The van der Waals surface area contributed by atoms with Crippen LogP contribution in [0, 0.1) is 0 Å². The highest BCUT2D eigenvalue weighted by Crippen LogP contribution is 2.26. The second-order valence-electron chi connectivity index (χ2n) is 8.28. The summed E-state index contributed by atoms with van der Waals surface area (Å²) >= 11 is 0. The van der Waals surface area contributed by atoms with Gasteiger partial charge in [-0.25, -0.2) is 0 Å². The fourth-order valence-electron chi connectivity index (χ4n) is 4.75. The van der Waals surface area contributed by atoms with E-state index < -0.39 is 89.0 Å². The van der Waals surface area contributed by atoms with E-state index in [1.165, 1.54) is 7.06 Å². The van der Waals surface area contributed by atoms with E-state index >= 15 is 0 Å². The molecule has 0 aliphatic heterocycles. The number of hydrogen-bond donors (Lipinski definition) is 0. The molecule has 0 fully saturated rings. The molecule has 1 unspecified atom stereocenters. The third kappa shape index (κ3) is 9.15. The Labute approximate surface area is 218 Å². The third-order valence-electron chi connectivity index (χ3n) is 6.00. The maximum Gasteiger partial charge on any atom is 0.0294 e. The Morgan fingerprint density at radius 1 is 0.387 bits per heavy atom. The van der Waals surface area contributed by atoms with Crippen molar-refractivity contribution in [1.82, 2.24) is 0 Å². The molecule has 0 saturated carbocycles. The Morgan fingerprint density at radius 2 is 0.677 bits per heavy atom. The summed E-state index contributed by atoms with van der Waals surface area (Å²) in [5.74, 6) is 0. The molecule has 0 aromatic carbocycles. The lowest BCUT2D eigenvalue weighted by atomic mass is 8.42. The molecule has 1 atom stereocenters. The average Bonchev–Trinajstić information content (AvgIpc) is 2.57. The van der Waals surface area contributed by atoms with Gasteiger partial charge in [-0.05, 0) is 0 Å². The normalized spacial score (nSPS) is 10.6. The lowest BCUT2D eigenvalue weighted by Crippen LogP contribution is -2.81. The van der Waals surface area contributed by atoms with Gasteiger partial charge in [0.1, 0.15) is 0 Å². The van der Waals surface area contributed by atoms with E-state index in [2.05, 4.69) is 0 Å². The Bertz CT molecular complexity index is 415. The minimum Gasteiger partial charge on any atom is -0.146 e. The van der Waals surface area contributed by atoms with Crippen molar-refractivity contribution in [3.05, 3.63) is 0 Å². The molecule has 0 nitrogen and oxygen atoms in total. The van der Waals surface area contributed by atoms with E-state index in [0.29, 0.717) is 0 Å². The molecule has 0 bridgehead atoms. The van der Waals surface area contributed by atoms with Gasteiger partial charge in [0.25, 0.3) is 0 Å². The minimum atomic E-state index is -1.07. The summed E-state index contributed by atoms with van der Waals surface area (Å²) in [6.45, 7) is -2.53. The van der Waals surface area contributed by atoms with Gasteiger partial charge in [-0.3, -0.25) is 0 Å². The van der Waals surface area contributed by atoms with Gasteiger partial charge < -0.3 is 0 Å². The monoisotopic (exact) mass is 343 g/mol.